The molecule has 0 spiro atoms. The number of benzene rings is 1. The summed E-state index contributed by atoms with van der Waals surface area (Å²) in [7, 11) is 3.50. The molecule has 1 aliphatic heterocycles. The van der Waals surface area contributed by atoms with Gasteiger partial charge in [-0.1, -0.05) is 0 Å². The Balaban J connectivity index is 1.33. The van der Waals surface area contributed by atoms with E-state index in [1.165, 1.54) is 0 Å². The Morgan fingerprint density at radius 1 is 1.09 bits per heavy atom. The molecule has 0 unspecified atom stereocenters. The summed E-state index contributed by atoms with van der Waals surface area (Å²) >= 11 is 0. The number of likely N-dealkylation sites (tertiary alicyclic amines) is 1. The lowest BCUT2D eigenvalue weighted by Gasteiger charge is -2.33. The molecule has 35 heavy (non-hydrogen) atoms. The van der Waals surface area contributed by atoms with Gasteiger partial charge in [-0.3, -0.25) is 4.79 Å². The van der Waals surface area contributed by atoms with E-state index in [-0.39, 0.29) is 12.0 Å². The zero-order valence-corrected chi connectivity index (χ0v) is 21.2. The average molecular weight is 479 g/mol. The summed E-state index contributed by atoms with van der Waals surface area (Å²) in [6.45, 7) is 7.61. The monoisotopic (exact) mass is 478 g/mol. The number of fused-ring (bicyclic) bond motifs is 1. The van der Waals surface area contributed by atoms with E-state index >= 15 is 0 Å². The van der Waals surface area contributed by atoms with Crippen molar-refractivity contribution in [1.29, 1.82) is 0 Å². The van der Waals surface area contributed by atoms with Crippen molar-refractivity contribution in [2.75, 3.05) is 33.8 Å². The highest BCUT2D eigenvalue weighted by atomic mass is 16.6. The molecule has 3 heterocycles. The van der Waals surface area contributed by atoms with E-state index in [9.17, 15) is 9.59 Å². The van der Waals surface area contributed by atoms with Crippen LogP contribution >= 0.6 is 0 Å². The number of piperidine rings is 1. The van der Waals surface area contributed by atoms with Crippen LogP contribution in [0.25, 0.3) is 16.7 Å². The first-order valence-corrected chi connectivity index (χ1v) is 12.0. The van der Waals surface area contributed by atoms with Crippen LogP contribution in [-0.2, 0) is 4.74 Å². The first kappa shape index (κ1) is 24.6. The van der Waals surface area contributed by atoms with Crippen molar-refractivity contribution in [2.24, 2.45) is 5.92 Å². The van der Waals surface area contributed by atoms with E-state index in [0.29, 0.717) is 31.2 Å². The summed E-state index contributed by atoms with van der Waals surface area (Å²) in [5, 5.41) is 0.984. The van der Waals surface area contributed by atoms with Crippen LogP contribution in [0.1, 0.15) is 44.0 Å². The van der Waals surface area contributed by atoms with Crippen molar-refractivity contribution in [3.8, 4) is 11.6 Å². The first-order chi connectivity index (χ1) is 16.6. The van der Waals surface area contributed by atoms with Crippen molar-refractivity contribution in [3.63, 3.8) is 0 Å². The molecule has 1 saturated heterocycles. The molecule has 8 nitrogen and oxygen atoms in total. The van der Waals surface area contributed by atoms with Crippen LogP contribution in [-0.4, -0.2) is 70.7 Å². The summed E-state index contributed by atoms with van der Waals surface area (Å²) in [6.07, 6.45) is 5.22. The average Bonchev–Trinajstić information content (AvgIpc) is 3.25. The fraction of sp³-hybridized carbons (Fsp3) is 0.444. The fourth-order valence-electron chi connectivity index (χ4n) is 4.16. The van der Waals surface area contributed by atoms with Gasteiger partial charge in [0.2, 0.25) is 0 Å². The molecule has 0 saturated carbocycles. The lowest BCUT2D eigenvalue weighted by atomic mass is 9.98. The summed E-state index contributed by atoms with van der Waals surface area (Å²) in [5.41, 5.74) is 1.17. The molecule has 0 N–H and O–H groups in total. The quantitative estimate of drug-likeness (QED) is 0.529. The van der Waals surface area contributed by atoms with Gasteiger partial charge in [0.05, 0.1) is 18.3 Å². The number of aromatic nitrogens is 2. The van der Waals surface area contributed by atoms with Gasteiger partial charge in [0, 0.05) is 44.3 Å². The van der Waals surface area contributed by atoms with Crippen LogP contribution in [0.4, 0.5) is 4.79 Å². The minimum Gasteiger partial charge on any atom is -0.492 e. The molecule has 0 aliphatic carbocycles. The predicted octanol–water partition coefficient (Wildman–Crippen LogP) is 4.75. The molecule has 0 atom stereocenters. The summed E-state index contributed by atoms with van der Waals surface area (Å²) < 4.78 is 13.5. The van der Waals surface area contributed by atoms with Crippen molar-refractivity contribution in [3.05, 3.63) is 54.4 Å². The summed E-state index contributed by atoms with van der Waals surface area (Å²) in [6, 6.07) is 11.5. The van der Waals surface area contributed by atoms with Gasteiger partial charge in [-0.2, -0.15) is 0 Å². The number of nitrogens with zero attached hydrogens (tertiary/aromatic N) is 4. The number of hydrogen-bond donors (Lipinski definition) is 0. The zero-order chi connectivity index (χ0) is 25.2. The largest absolute Gasteiger partial charge is 0.492 e. The van der Waals surface area contributed by atoms with Crippen LogP contribution < -0.4 is 4.74 Å². The molecule has 1 aliphatic rings. The van der Waals surface area contributed by atoms with Crippen LogP contribution in [0.2, 0.25) is 0 Å². The van der Waals surface area contributed by atoms with E-state index in [1.807, 2.05) is 67.9 Å². The third-order valence-corrected chi connectivity index (χ3v) is 6.06. The number of carbonyl (C=O) groups is 2. The standard InChI is InChI=1S/C27H34N4O4/c1-27(2,3)35-26(33)30-13-10-19(11-14-30)18-34-22-7-9-24(28-17-22)31-15-12-20-16-21(6-8-23(20)31)25(32)29(4)5/h6-9,12,15-17,19H,10-11,13-14,18H2,1-5H3. The highest BCUT2D eigenvalue weighted by molar-refractivity contribution is 5.98. The highest BCUT2D eigenvalue weighted by Crippen LogP contribution is 2.24. The summed E-state index contributed by atoms with van der Waals surface area (Å²) in [5.74, 6) is 1.87. The van der Waals surface area contributed by atoms with E-state index in [4.69, 9.17) is 9.47 Å². The predicted molar refractivity (Wildman–Crippen MR) is 135 cm³/mol. The van der Waals surface area contributed by atoms with Gasteiger partial charge in [-0.15, -0.1) is 0 Å². The number of pyridine rings is 1. The van der Waals surface area contributed by atoms with Crippen LogP contribution in [0.3, 0.4) is 0 Å². The third-order valence-electron chi connectivity index (χ3n) is 6.06. The molecule has 1 aromatic carbocycles. The molecule has 0 bridgehead atoms. The smallest absolute Gasteiger partial charge is 0.410 e. The van der Waals surface area contributed by atoms with Gasteiger partial charge >= 0.3 is 6.09 Å². The topological polar surface area (TPSA) is 76.9 Å². The number of hydrogen-bond acceptors (Lipinski definition) is 5. The van der Waals surface area contributed by atoms with E-state index in [1.54, 1.807) is 30.1 Å². The molecule has 4 rings (SSSR count). The molecule has 8 heteroatoms. The lowest BCUT2D eigenvalue weighted by Crippen LogP contribution is -2.42. The van der Waals surface area contributed by atoms with Crippen molar-refractivity contribution in [2.45, 2.75) is 39.2 Å². The van der Waals surface area contributed by atoms with E-state index in [0.717, 1.165) is 35.3 Å². The minimum atomic E-state index is -0.475. The van der Waals surface area contributed by atoms with Crippen LogP contribution in [0.5, 0.6) is 5.75 Å². The fourth-order valence-corrected chi connectivity index (χ4v) is 4.16. The van der Waals surface area contributed by atoms with Crippen molar-refractivity contribution in [1.82, 2.24) is 19.4 Å². The molecule has 186 valence electrons. The van der Waals surface area contributed by atoms with Gasteiger partial charge in [-0.05, 0) is 75.9 Å². The number of amides is 2. The maximum Gasteiger partial charge on any atom is 0.410 e. The number of carbonyl (C=O) groups excluding carboxylic acids is 2. The van der Waals surface area contributed by atoms with Gasteiger partial charge in [0.25, 0.3) is 5.91 Å². The van der Waals surface area contributed by atoms with E-state index in [2.05, 4.69) is 4.98 Å². The molecule has 1 fully saturated rings. The van der Waals surface area contributed by atoms with Crippen molar-refractivity contribution < 1.29 is 19.1 Å². The highest BCUT2D eigenvalue weighted by Gasteiger charge is 2.27. The Bertz CT molecular complexity index is 1190. The molecule has 2 amide bonds. The molecule has 0 radical (unpaired) electrons. The van der Waals surface area contributed by atoms with Crippen LogP contribution in [0, 0.1) is 5.92 Å². The van der Waals surface area contributed by atoms with Gasteiger partial charge in [0.1, 0.15) is 17.2 Å². The Kier molecular flexibility index (Phi) is 7.00. The van der Waals surface area contributed by atoms with Crippen LogP contribution in [0.15, 0.2) is 48.8 Å². The third kappa shape index (κ3) is 5.93. The SMILES string of the molecule is CN(C)C(=O)c1ccc2c(ccn2-c2ccc(OCC3CCN(C(=O)OC(C)(C)C)CC3)cn2)c1. The van der Waals surface area contributed by atoms with Gasteiger partial charge in [0.15, 0.2) is 0 Å². The Labute approximate surface area is 206 Å². The molecule has 2 aromatic heterocycles. The molecular formula is C27H34N4O4. The second-order valence-corrected chi connectivity index (χ2v) is 10.2. The second kappa shape index (κ2) is 9.98. The second-order valence-electron chi connectivity index (χ2n) is 10.2. The number of rotatable bonds is 5. The van der Waals surface area contributed by atoms with Crippen molar-refractivity contribution >= 4 is 22.9 Å². The zero-order valence-electron chi connectivity index (χ0n) is 21.2. The molecular weight excluding hydrogens is 444 g/mol. The van der Waals surface area contributed by atoms with E-state index < -0.39 is 5.60 Å². The lowest BCUT2D eigenvalue weighted by molar-refractivity contribution is 0.0165. The maximum absolute atomic E-state index is 12.2. The summed E-state index contributed by atoms with van der Waals surface area (Å²) in [4.78, 5) is 32.4. The Morgan fingerprint density at radius 2 is 1.83 bits per heavy atom. The normalized spacial score (nSPS) is 14.7. The Hall–Kier alpha value is -3.55. The van der Waals surface area contributed by atoms with Gasteiger partial charge < -0.3 is 23.8 Å². The van der Waals surface area contributed by atoms with Gasteiger partial charge in [-0.25, -0.2) is 9.78 Å². The maximum atomic E-state index is 12.2. The first-order valence-electron chi connectivity index (χ1n) is 12.0. The molecule has 3 aromatic rings. The number of ether oxygens (including phenoxy) is 2. The minimum absolute atomic E-state index is 0.0187. The Morgan fingerprint density at radius 3 is 2.46 bits per heavy atom.